The number of rotatable bonds is 17. The Morgan fingerprint density at radius 2 is 0.953 bits per heavy atom. The van der Waals surface area contributed by atoms with Crippen LogP contribution in [0.3, 0.4) is 0 Å². The maximum Gasteiger partial charge on any atom is 0.408 e. The summed E-state index contributed by atoms with van der Waals surface area (Å²) in [4.78, 5) is 96.5. The largest absolute Gasteiger partial charge is 0.477 e. The number of carboxylic acids is 2. The number of aromatic carboxylic acids is 2. The van der Waals surface area contributed by atoms with E-state index in [-0.39, 0.29) is 86.3 Å². The molecular formula is C67H100N4O12S2. The number of alkyl carbamates (subject to hydrolysis) is 1. The predicted molar refractivity (Wildman–Crippen MR) is 337 cm³/mol. The third-order valence-corrected chi connectivity index (χ3v) is 19.0. The maximum atomic E-state index is 14.2. The normalized spacial score (nSPS) is 24.1. The molecule has 4 aliphatic rings. The van der Waals surface area contributed by atoms with E-state index >= 15 is 0 Å². The number of hydrogen-bond donors (Lipinski definition) is 4. The molecule has 0 unspecified atom stereocenters. The molecule has 4 aliphatic carbocycles. The number of anilines is 2. The highest BCUT2D eigenvalue weighted by Crippen LogP contribution is 2.42. The third-order valence-electron chi connectivity index (χ3n) is 16.9. The lowest BCUT2D eigenvalue weighted by molar-refractivity contribution is -0.155. The van der Waals surface area contributed by atoms with Crippen molar-refractivity contribution in [1.29, 1.82) is 0 Å². The monoisotopic (exact) mass is 1220 g/mol. The molecule has 3 amide bonds. The first-order valence-corrected chi connectivity index (χ1v) is 32.9. The van der Waals surface area contributed by atoms with Crippen LogP contribution in [0.15, 0.2) is 12.1 Å². The molecule has 2 heterocycles. The summed E-state index contributed by atoms with van der Waals surface area (Å²) in [5.74, 6) is 10.4. The molecule has 18 heteroatoms. The molecule has 85 heavy (non-hydrogen) atoms. The molecule has 5 N–H and O–H groups in total. The number of nitrogens with zero attached hydrogens (tertiary/aromatic N) is 2. The van der Waals surface area contributed by atoms with Gasteiger partial charge in [-0.25, -0.2) is 19.2 Å². The Labute approximate surface area is 515 Å². The highest BCUT2D eigenvalue weighted by atomic mass is 32.1. The van der Waals surface area contributed by atoms with Crippen molar-refractivity contribution < 1.29 is 58.0 Å². The summed E-state index contributed by atoms with van der Waals surface area (Å²) in [5, 5.41) is 23.0. The molecule has 4 fully saturated rings. The van der Waals surface area contributed by atoms with Gasteiger partial charge in [0.1, 0.15) is 39.6 Å². The topological polar surface area (TPSA) is 232 Å². The summed E-state index contributed by atoms with van der Waals surface area (Å²) < 4.78 is 17.1. The van der Waals surface area contributed by atoms with E-state index in [4.69, 9.17) is 19.9 Å². The van der Waals surface area contributed by atoms with E-state index in [1.165, 1.54) is 0 Å². The Hall–Kier alpha value is -5.43. The Morgan fingerprint density at radius 1 is 0.588 bits per heavy atom. The maximum absolute atomic E-state index is 14.2. The highest BCUT2D eigenvalue weighted by molar-refractivity contribution is 7.15. The van der Waals surface area contributed by atoms with Crippen molar-refractivity contribution in [3.63, 3.8) is 0 Å². The van der Waals surface area contributed by atoms with Crippen LogP contribution < -0.4 is 20.9 Å². The number of thiophene rings is 2. The predicted octanol–water partition coefficient (Wildman–Crippen LogP) is 14.0. The molecule has 0 aromatic carbocycles. The molecule has 0 saturated heterocycles. The molecule has 0 bridgehead atoms. The van der Waals surface area contributed by atoms with E-state index < -0.39 is 41.7 Å². The van der Waals surface area contributed by atoms with Crippen LogP contribution >= 0.6 is 22.7 Å². The number of nitrogens with two attached hydrogens (primary N) is 1. The third kappa shape index (κ3) is 21.2. The fourth-order valence-corrected chi connectivity index (χ4v) is 13.0. The number of carboxylic acid groups (broad SMARTS) is 2. The van der Waals surface area contributed by atoms with Crippen LogP contribution in [0.1, 0.15) is 249 Å². The van der Waals surface area contributed by atoms with Crippen LogP contribution in [0, 0.1) is 70.0 Å². The number of ether oxygens (including phenoxy) is 3. The van der Waals surface area contributed by atoms with Crippen molar-refractivity contribution in [1.82, 2.24) is 5.32 Å². The minimum Gasteiger partial charge on any atom is -0.477 e. The number of amides is 3. The van der Waals surface area contributed by atoms with Crippen molar-refractivity contribution in [2.45, 2.75) is 261 Å². The Morgan fingerprint density at radius 3 is 1.28 bits per heavy atom. The van der Waals surface area contributed by atoms with Gasteiger partial charge < -0.3 is 45.3 Å². The molecule has 4 saturated carbocycles. The second-order valence-electron chi connectivity index (χ2n) is 27.7. The number of carbonyl (C=O) groups is 7. The molecule has 2 aromatic rings. The SMILES string of the molecule is CC[C@@H](C)[C@@H](NC(=O)OC(C)(C)C)C(=O)OC1CCC(N(C(=O)C2CCC(C)CC2)c2cc(C#CC(C)(C)C)sc2C(=O)O)CC1.CC[C@H](C)[C@@H](N)C(=O)OC1CCC(N(C(=O)C2CCC(C)CC2)c2cc(C#CC(C)(C)C)sc2C(=O)O)CC1. The van der Waals surface area contributed by atoms with Crippen molar-refractivity contribution in [2.24, 2.45) is 52.1 Å². The molecule has 16 nitrogen and oxygen atoms in total. The van der Waals surface area contributed by atoms with Crippen molar-refractivity contribution in [2.75, 3.05) is 9.80 Å². The first-order chi connectivity index (χ1) is 39.7. The van der Waals surface area contributed by atoms with Gasteiger partial charge in [0.05, 0.1) is 21.1 Å². The lowest BCUT2D eigenvalue weighted by Crippen LogP contribution is -2.50. The first-order valence-electron chi connectivity index (χ1n) is 31.3. The molecule has 0 aliphatic heterocycles. The molecule has 2 aromatic heterocycles. The van der Waals surface area contributed by atoms with Crippen LogP contribution in [-0.2, 0) is 33.4 Å². The second kappa shape index (κ2) is 31.0. The van der Waals surface area contributed by atoms with Gasteiger partial charge in [0.2, 0.25) is 11.8 Å². The van der Waals surface area contributed by atoms with Crippen LogP contribution in [0.5, 0.6) is 0 Å². The molecule has 6 rings (SSSR count). The quantitative estimate of drug-likeness (QED) is 0.0657. The minimum absolute atomic E-state index is 0.0109. The van der Waals surface area contributed by atoms with E-state index in [1.807, 2.05) is 69.2 Å². The zero-order valence-corrected chi connectivity index (χ0v) is 55.2. The van der Waals surface area contributed by atoms with Gasteiger partial charge in [-0.1, -0.05) is 78.1 Å². The van der Waals surface area contributed by atoms with Gasteiger partial charge in [-0.3, -0.25) is 14.4 Å². The van der Waals surface area contributed by atoms with Gasteiger partial charge in [-0.05, 0) is 201 Å². The molecular weight excluding hydrogens is 1120 g/mol. The molecule has 4 atom stereocenters. The lowest BCUT2D eigenvalue weighted by atomic mass is 9.81. The second-order valence-corrected chi connectivity index (χ2v) is 29.9. The smallest absolute Gasteiger partial charge is 0.408 e. The standard InChI is InChI=1S/C36H54N2O7S.C31H46N2O5S/c1-10-23(3)29(37-34(43)45-36(7,8)9)33(42)44-26-17-15-25(16-18-26)38(31(39)24-13-11-22(2)12-14-24)28-21-27(19-20-35(4,5)6)46-30(28)32(40)41;1-7-20(3)26(32)30(37)38-23-14-12-22(13-15-23)33(28(34)21-10-8-19(2)9-11-21)25-18-24(16-17-31(4,5)6)39-27(25)29(35)36/h21-26,29H,10-18H2,1-9H3,(H,37,43)(H,40,41);18-23,26H,7-15,32H2,1-6H3,(H,35,36)/t22?,23-,24?,25?,26?,29-;19?,20-,21?,22?,23?,26+/m10/s1. The lowest BCUT2D eigenvalue weighted by Gasteiger charge is -2.39. The van der Waals surface area contributed by atoms with Crippen molar-refractivity contribution >= 4 is 75.8 Å². The van der Waals surface area contributed by atoms with E-state index in [9.17, 15) is 43.8 Å². The molecule has 0 spiro atoms. The van der Waals surface area contributed by atoms with Gasteiger partial charge >= 0.3 is 30.0 Å². The minimum atomic E-state index is -1.07. The van der Waals surface area contributed by atoms with Gasteiger partial charge in [-0.15, -0.1) is 22.7 Å². The van der Waals surface area contributed by atoms with E-state index in [0.29, 0.717) is 90.8 Å². The van der Waals surface area contributed by atoms with Crippen molar-refractivity contribution in [3.8, 4) is 23.7 Å². The Bertz CT molecular complexity index is 2750. The van der Waals surface area contributed by atoms with Crippen molar-refractivity contribution in [3.05, 3.63) is 31.6 Å². The average Bonchev–Trinajstić information content (AvgIpc) is 2.22. The van der Waals surface area contributed by atoms with Gasteiger partial charge in [-0.2, -0.15) is 0 Å². The zero-order chi connectivity index (χ0) is 63.3. The van der Waals surface area contributed by atoms with Crippen LogP contribution in [0.25, 0.3) is 0 Å². The summed E-state index contributed by atoms with van der Waals surface area (Å²) in [7, 11) is 0. The van der Waals surface area contributed by atoms with E-state index in [2.05, 4.69) is 42.8 Å². The van der Waals surface area contributed by atoms with Crippen LogP contribution in [0.4, 0.5) is 16.2 Å². The van der Waals surface area contributed by atoms with Crippen LogP contribution in [-0.4, -0.2) is 94.0 Å². The summed E-state index contributed by atoms with van der Waals surface area (Å²) in [6, 6.07) is 1.67. The Kier molecular flexibility index (Phi) is 25.6. The van der Waals surface area contributed by atoms with Crippen LogP contribution in [0.2, 0.25) is 0 Å². The Balaban J connectivity index is 0.000000315. The average molecular weight is 1220 g/mol. The summed E-state index contributed by atoms with van der Waals surface area (Å²) in [6.45, 7) is 29.5. The van der Waals surface area contributed by atoms with Gasteiger partial charge in [0.25, 0.3) is 0 Å². The fourth-order valence-electron chi connectivity index (χ4n) is 11.4. The number of nitrogens with one attached hydrogen (secondary N) is 1. The highest BCUT2D eigenvalue weighted by Gasteiger charge is 2.41. The number of hydrogen-bond acceptors (Lipinski definition) is 13. The van der Waals surface area contributed by atoms with Gasteiger partial charge in [0, 0.05) is 34.7 Å². The van der Waals surface area contributed by atoms with Gasteiger partial charge in [0.15, 0.2) is 0 Å². The number of carbonyl (C=O) groups excluding carboxylic acids is 5. The first kappa shape index (κ1) is 70.3. The van der Waals surface area contributed by atoms with E-state index in [1.54, 1.807) is 42.7 Å². The van der Waals surface area contributed by atoms with E-state index in [0.717, 1.165) is 80.5 Å². The summed E-state index contributed by atoms with van der Waals surface area (Å²) >= 11 is 2.24. The summed E-state index contributed by atoms with van der Waals surface area (Å²) in [6.07, 6.45) is 12.0. The zero-order valence-electron chi connectivity index (χ0n) is 53.6. The number of esters is 2. The molecule has 472 valence electrons. The fraction of sp³-hybridized carbons (Fsp3) is 0.716. The molecule has 0 radical (unpaired) electrons. The summed E-state index contributed by atoms with van der Waals surface area (Å²) in [5.41, 5.74) is 5.76.